The second-order valence-electron chi connectivity index (χ2n) is 5.98. The number of carbonyl (C=O) groups excluding carboxylic acids is 1. The summed E-state index contributed by atoms with van der Waals surface area (Å²) < 4.78 is 10.9. The number of hydrogen-bond acceptors (Lipinski definition) is 3. The summed E-state index contributed by atoms with van der Waals surface area (Å²) in [6.45, 7) is 2.32. The van der Waals surface area contributed by atoms with Crippen molar-refractivity contribution in [2.75, 3.05) is 7.11 Å². The third kappa shape index (κ3) is 3.94. The summed E-state index contributed by atoms with van der Waals surface area (Å²) in [6, 6.07) is 23.3. The molecule has 0 amide bonds. The maximum Gasteiger partial charge on any atom is 0.338 e. The molecular formula is C23H22O3. The first-order chi connectivity index (χ1) is 12.7. The van der Waals surface area contributed by atoms with Crippen LogP contribution in [0.1, 0.15) is 28.4 Å². The predicted octanol–water partition coefficient (Wildman–Crippen LogP) is 5.28. The van der Waals surface area contributed by atoms with E-state index in [9.17, 15) is 4.79 Å². The van der Waals surface area contributed by atoms with Gasteiger partial charge in [-0.15, -0.1) is 0 Å². The zero-order chi connectivity index (χ0) is 18.4. The molecule has 0 spiro atoms. The summed E-state index contributed by atoms with van der Waals surface area (Å²) in [6.07, 6.45) is 0.739. The van der Waals surface area contributed by atoms with E-state index in [1.54, 1.807) is 7.11 Å². The van der Waals surface area contributed by atoms with Crippen LogP contribution in [0.5, 0.6) is 5.75 Å². The Morgan fingerprint density at radius 3 is 2.42 bits per heavy atom. The average Bonchev–Trinajstić information content (AvgIpc) is 2.72. The van der Waals surface area contributed by atoms with E-state index in [4.69, 9.17) is 9.47 Å². The maximum atomic E-state index is 12.7. The Bertz CT molecular complexity index is 885. The molecule has 0 aliphatic rings. The normalized spacial score (nSPS) is 10.4. The van der Waals surface area contributed by atoms with Crippen molar-refractivity contribution >= 4 is 5.97 Å². The average molecular weight is 346 g/mol. The first-order valence-electron chi connectivity index (χ1n) is 8.70. The second-order valence-corrected chi connectivity index (χ2v) is 5.98. The quantitative estimate of drug-likeness (QED) is 0.570. The lowest BCUT2D eigenvalue weighted by Crippen LogP contribution is -2.09. The highest BCUT2D eigenvalue weighted by molar-refractivity contribution is 5.93. The van der Waals surface area contributed by atoms with E-state index in [1.807, 2.05) is 79.7 Å². The van der Waals surface area contributed by atoms with E-state index in [0.717, 1.165) is 34.4 Å². The second kappa shape index (κ2) is 8.34. The molecule has 0 fully saturated rings. The molecule has 3 nitrogen and oxygen atoms in total. The molecule has 3 heteroatoms. The largest absolute Gasteiger partial charge is 0.497 e. The third-order valence-corrected chi connectivity index (χ3v) is 4.34. The van der Waals surface area contributed by atoms with Crippen LogP contribution >= 0.6 is 0 Å². The number of carbonyl (C=O) groups is 1. The number of methoxy groups -OCH3 is 1. The van der Waals surface area contributed by atoms with Crippen molar-refractivity contribution in [2.24, 2.45) is 0 Å². The Morgan fingerprint density at radius 2 is 1.69 bits per heavy atom. The molecule has 0 radical (unpaired) electrons. The number of benzene rings is 3. The fourth-order valence-electron chi connectivity index (χ4n) is 3.02. The fourth-order valence-corrected chi connectivity index (χ4v) is 3.02. The van der Waals surface area contributed by atoms with Crippen LogP contribution in [0.25, 0.3) is 11.1 Å². The summed E-state index contributed by atoms with van der Waals surface area (Å²) in [5, 5.41) is 0. The first kappa shape index (κ1) is 17.7. The Kier molecular flexibility index (Phi) is 5.69. The molecule has 0 aromatic heterocycles. The Morgan fingerprint density at radius 1 is 0.923 bits per heavy atom. The van der Waals surface area contributed by atoms with Gasteiger partial charge < -0.3 is 9.47 Å². The van der Waals surface area contributed by atoms with Crippen molar-refractivity contribution in [3.63, 3.8) is 0 Å². The minimum atomic E-state index is -0.296. The minimum Gasteiger partial charge on any atom is -0.497 e. The Hall–Kier alpha value is -3.07. The molecule has 3 aromatic rings. The number of ether oxygens (including phenoxy) is 2. The highest BCUT2D eigenvalue weighted by atomic mass is 16.5. The van der Waals surface area contributed by atoms with Crippen LogP contribution in [0.15, 0.2) is 72.8 Å². The van der Waals surface area contributed by atoms with Crippen LogP contribution in [0.4, 0.5) is 0 Å². The van der Waals surface area contributed by atoms with E-state index >= 15 is 0 Å². The van der Waals surface area contributed by atoms with Crippen molar-refractivity contribution in [3.8, 4) is 16.9 Å². The lowest BCUT2D eigenvalue weighted by atomic mass is 9.93. The van der Waals surface area contributed by atoms with Crippen LogP contribution in [0, 0.1) is 0 Å². The lowest BCUT2D eigenvalue weighted by Gasteiger charge is -2.14. The monoisotopic (exact) mass is 346 g/mol. The topological polar surface area (TPSA) is 35.5 Å². The van der Waals surface area contributed by atoms with Crippen LogP contribution in [0.3, 0.4) is 0 Å². The molecule has 3 aromatic carbocycles. The number of esters is 1. The zero-order valence-corrected chi connectivity index (χ0v) is 15.1. The predicted molar refractivity (Wildman–Crippen MR) is 103 cm³/mol. The molecule has 0 unspecified atom stereocenters. The van der Waals surface area contributed by atoms with Gasteiger partial charge in [-0.3, -0.25) is 0 Å². The molecule has 0 saturated heterocycles. The fraction of sp³-hybridized carbons (Fsp3) is 0.174. The van der Waals surface area contributed by atoms with Gasteiger partial charge in [0.15, 0.2) is 0 Å². The highest BCUT2D eigenvalue weighted by Crippen LogP contribution is 2.30. The van der Waals surface area contributed by atoms with Crippen LogP contribution in [-0.4, -0.2) is 13.1 Å². The van der Waals surface area contributed by atoms with Gasteiger partial charge in [-0.2, -0.15) is 0 Å². The number of hydrogen-bond donors (Lipinski definition) is 0. The molecular weight excluding hydrogens is 324 g/mol. The third-order valence-electron chi connectivity index (χ3n) is 4.34. The van der Waals surface area contributed by atoms with Gasteiger partial charge in [-0.05, 0) is 46.9 Å². The molecule has 0 saturated carbocycles. The molecule has 0 aliphatic carbocycles. The van der Waals surface area contributed by atoms with Gasteiger partial charge in [0.1, 0.15) is 12.4 Å². The van der Waals surface area contributed by atoms with E-state index < -0.39 is 0 Å². The van der Waals surface area contributed by atoms with Crippen molar-refractivity contribution < 1.29 is 14.3 Å². The summed E-state index contributed by atoms with van der Waals surface area (Å²) >= 11 is 0. The van der Waals surface area contributed by atoms with Crippen LogP contribution in [0.2, 0.25) is 0 Å². The van der Waals surface area contributed by atoms with Gasteiger partial charge in [0.25, 0.3) is 0 Å². The van der Waals surface area contributed by atoms with Gasteiger partial charge in [0.2, 0.25) is 0 Å². The van der Waals surface area contributed by atoms with Gasteiger partial charge >= 0.3 is 5.97 Å². The molecule has 0 atom stereocenters. The van der Waals surface area contributed by atoms with Crippen LogP contribution in [-0.2, 0) is 17.8 Å². The van der Waals surface area contributed by atoms with Crippen molar-refractivity contribution in [1.29, 1.82) is 0 Å². The Labute approximate surface area is 154 Å². The molecule has 3 rings (SSSR count). The lowest BCUT2D eigenvalue weighted by molar-refractivity contribution is 0.0471. The first-order valence-corrected chi connectivity index (χ1v) is 8.70. The summed E-state index contributed by atoms with van der Waals surface area (Å²) in [7, 11) is 1.65. The molecule has 0 heterocycles. The summed E-state index contributed by atoms with van der Waals surface area (Å²) in [5.74, 6) is 0.497. The standard InChI is InChI=1S/C23H22O3/c1-3-20-21(18-11-7-12-19(15-18)25-2)13-8-14-22(20)23(24)26-16-17-9-5-4-6-10-17/h4-15H,3,16H2,1-2H3. The minimum absolute atomic E-state index is 0.270. The van der Waals surface area contributed by atoms with Gasteiger partial charge in [0.05, 0.1) is 12.7 Å². The SMILES string of the molecule is CCc1c(C(=O)OCc2ccccc2)cccc1-c1cccc(OC)c1. The highest BCUT2D eigenvalue weighted by Gasteiger charge is 2.16. The van der Waals surface area contributed by atoms with Gasteiger partial charge in [-0.1, -0.05) is 61.5 Å². The molecule has 0 aliphatic heterocycles. The van der Waals surface area contributed by atoms with Crippen molar-refractivity contribution in [2.45, 2.75) is 20.0 Å². The number of rotatable bonds is 6. The molecule has 26 heavy (non-hydrogen) atoms. The maximum absolute atomic E-state index is 12.7. The van der Waals surface area contributed by atoms with Gasteiger partial charge in [0, 0.05) is 0 Å². The smallest absolute Gasteiger partial charge is 0.338 e. The summed E-state index contributed by atoms with van der Waals surface area (Å²) in [5.41, 5.74) is 4.63. The van der Waals surface area contributed by atoms with Crippen LogP contribution < -0.4 is 4.74 Å². The van der Waals surface area contributed by atoms with Crippen molar-refractivity contribution in [3.05, 3.63) is 89.5 Å². The zero-order valence-electron chi connectivity index (χ0n) is 15.1. The van der Waals surface area contributed by atoms with E-state index in [0.29, 0.717) is 5.56 Å². The molecule has 0 bridgehead atoms. The molecule has 0 N–H and O–H groups in total. The van der Waals surface area contributed by atoms with E-state index in [1.165, 1.54) is 0 Å². The molecule has 132 valence electrons. The van der Waals surface area contributed by atoms with Crippen molar-refractivity contribution in [1.82, 2.24) is 0 Å². The Balaban J connectivity index is 1.89. The summed E-state index contributed by atoms with van der Waals surface area (Å²) in [4.78, 5) is 12.7. The van der Waals surface area contributed by atoms with E-state index in [2.05, 4.69) is 0 Å². The van der Waals surface area contributed by atoms with Gasteiger partial charge in [-0.25, -0.2) is 4.79 Å². The van der Waals surface area contributed by atoms with E-state index in [-0.39, 0.29) is 12.6 Å².